The molecule has 0 bridgehead atoms. The van der Waals surface area contributed by atoms with Gasteiger partial charge in [-0.1, -0.05) is 6.07 Å². The van der Waals surface area contributed by atoms with E-state index < -0.39 is 5.97 Å². The van der Waals surface area contributed by atoms with E-state index in [-0.39, 0.29) is 0 Å². The Morgan fingerprint density at radius 3 is 2.71 bits per heavy atom. The summed E-state index contributed by atoms with van der Waals surface area (Å²) in [6.07, 6.45) is 5.36. The highest BCUT2D eigenvalue weighted by molar-refractivity contribution is 5.85. The quantitative estimate of drug-likeness (QED) is 0.810. The molecule has 0 radical (unpaired) electrons. The van der Waals surface area contributed by atoms with Gasteiger partial charge >= 0.3 is 5.97 Å². The van der Waals surface area contributed by atoms with Crippen molar-refractivity contribution in [2.45, 2.75) is 25.8 Å². The first kappa shape index (κ1) is 11.7. The monoisotopic (exact) mass is 231 g/mol. The second-order valence-corrected chi connectivity index (χ2v) is 4.55. The first-order chi connectivity index (χ1) is 8.08. The van der Waals surface area contributed by atoms with Gasteiger partial charge < -0.3 is 10.0 Å². The molecule has 1 aliphatic rings. The average molecular weight is 231 g/mol. The number of hydrogen-bond acceptors (Lipinski definition) is 2. The van der Waals surface area contributed by atoms with Gasteiger partial charge in [-0.3, -0.25) is 0 Å². The van der Waals surface area contributed by atoms with Crippen molar-refractivity contribution in [3.8, 4) is 0 Å². The zero-order valence-electron chi connectivity index (χ0n) is 10.2. The summed E-state index contributed by atoms with van der Waals surface area (Å²) in [6.45, 7) is 2.01. The Kier molecular flexibility index (Phi) is 3.18. The molecule has 0 unspecified atom stereocenters. The summed E-state index contributed by atoms with van der Waals surface area (Å²) in [7, 11) is 2.11. The largest absolute Gasteiger partial charge is 0.478 e. The summed E-state index contributed by atoms with van der Waals surface area (Å²) in [5, 5.41) is 8.59. The highest BCUT2D eigenvalue weighted by Gasteiger charge is 2.26. The van der Waals surface area contributed by atoms with Gasteiger partial charge in [-0.15, -0.1) is 0 Å². The SMILES string of the molecule is Cc1cc(N(C)C2CC2)ccc1C=CC(=O)O. The van der Waals surface area contributed by atoms with Crippen LogP contribution < -0.4 is 4.90 Å². The summed E-state index contributed by atoms with van der Waals surface area (Å²) in [4.78, 5) is 12.8. The average Bonchev–Trinajstić information content (AvgIpc) is 3.10. The van der Waals surface area contributed by atoms with Crippen molar-refractivity contribution >= 4 is 17.7 Å². The fraction of sp³-hybridized carbons (Fsp3) is 0.357. The van der Waals surface area contributed by atoms with E-state index in [1.165, 1.54) is 24.6 Å². The fourth-order valence-corrected chi connectivity index (χ4v) is 1.90. The lowest BCUT2D eigenvalue weighted by molar-refractivity contribution is -0.131. The van der Waals surface area contributed by atoms with Crippen LogP contribution in [-0.2, 0) is 4.79 Å². The standard InChI is InChI=1S/C14H17NO2/c1-10-9-13(15(2)12-6-7-12)5-3-11(10)4-8-14(16)17/h3-5,8-9,12H,6-7H2,1-2H3,(H,16,17). The molecule has 1 aromatic rings. The lowest BCUT2D eigenvalue weighted by atomic mass is 10.1. The molecule has 0 spiro atoms. The number of benzene rings is 1. The van der Waals surface area contributed by atoms with Gasteiger partial charge in [-0.2, -0.15) is 0 Å². The summed E-state index contributed by atoms with van der Waals surface area (Å²) in [5.74, 6) is -0.913. The van der Waals surface area contributed by atoms with E-state index in [9.17, 15) is 4.79 Å². The molecule has 1 aliphatic carbocycles. The molecular weight excluding hydrogens is 214 g/mol. The van der Waals surface area contributed by atoms with Crippen LogP contribution in [0.2, 0.25) is 0 Å². The van der Waals surface area contributed by atoms with Crippen molar-refractivity contribution in [2.75, 3.05) is 11.9 Å². The third-order valence-electron chi connectivity index (χ3n) is 3.16. The molecule has 90 valence electrons. The number of carbonyl (C=O) groups is 1. The zero-order chi connectivity index (χ0) is 12.4. The lowest BCUT2D eigenvalue weighted by Crippen LogP contribution is -2.19. The minimum atomic E-state index is -0.913. The van der Waals surface area contributed by atoms with E-state index in [1.807, 2.05) is 19.1 Å². The second kappa shape index (κ2) is 4.62. The van der Waals surface area contributed by atoms with Crippen LogP contribution in [0.4, 0.5) is 5.69 Å². The van der Waals surface area contributed by atoms with Crippen LogP contribution in [0, 0.1) is 6.92 Å². The maximum atomic E-state index is 10.5. The second-order valence-electron chi connectivity index (χ2n) is 4.55. The molecule has 17 heavy (non-hydrogen) atoms. The highest BCUT2D eigenvalue weighted by atomic mass is 16.4. The van der Waals surface area contributed by atoms with E-state index in [0.29, 0.717) is 6.04 Å². The Hall–Kier alpha value is -1.77. The van der Waals surface area contributed by atoms with Gasteiger partial charge in [0.05, 0.1) is 0 Å². The van der Waals surface area contributed by atoms with Crippen LogP contribution in [0.3, 0.4) is 0 Å². The molecule has 0 amide bonds. The molecular formula is C14H17NO2. The molecule has 0 heterocycles. The molecule has 0 saturated heterocycles. The van der Waals surface area contributed by atoms with Crippen molar-refractivity contribution in [3.05, 3.63) is 35.4 Å². The predicted molar refractivity (Wildman–Crippen MR) is 69.3 cm³/mol. The Bertz CT molecular complexity index is 461. The molecule has 0 aromatic heterocycles. The fourth-order valence-electron chi connectivity index (χ4n) is 1.90. The Labute approximate surface area is 101 Å². The van der Waals surface area contributed by atoms with Gasteiger partial charge in [0.1, 0.15) is 0 Å². The Morgan fingerprint density at radius 1 is 1.47 bits per heavy atom. The topological polar surface area (TPSA) is 40.5 Å². The number of carboxylic acids is 1. The van der Waals surface area contributed by atoms with Crippen LogP contribution >= 0.6 is 0 Å². The van der Waals surface area contributed by atoms with Crippen LogP contribution in [-0.4, -0.2) is 24.2 Å². The first-order valence-corrected chi connectivity index (χ1v) is 5.82. The number of rotatable bonds is 4. The van der Waals surface area contributed by atoms with Crippen molar-refractivity contribution < 1.29 is 9.90 Å². The van der Waals surface area contributed by atoms with E-state index in [2.05, 4.69) is 18.0 Å². The maximum Gasteiger partial charge on any atom is 0.328 e. The number of nitrogens with zero attached hydrogens (tertiary/aromatic N) is 1. The number of hydrogen-bond donors (Lipinski definition) is 1. The molecule has 2 rings (SSSR count). The minimum Gasteiger partial charge on any atom is -0.478 e. The molecule has 3 nitrogen and oxygen atoms in total. The number of aryl methyl sites for hydroxylation is 1. The van der Waals surface area contributed by atoms with Crippen LogP contribution in [0.1, 0.15) is 24.0 Å². The molecule has 1 N–H and O–H groups in total. The Balaban J connectivity index is 2.18. The molecule has 0 aliphatic heterocycles. The summed E-state index contributed by atoms with van der Waals surface area (Å²) >= 11 is 0. The summed E-state index contributed by atoms with van der Waals surface area (Å²) in [5.41, 5.74) is 3.27. The third kappa shape index (κ3) is 2.87. The molecule has 1 saturated carbocycles. The van der Waals surface area contributed by atoms with Crippen LogP contribution in [0.15, 0.2) is 24.3 Å². The molecule has 0 atom stereocenters. The zero-order valence-corrected chi connectivity index (χ0v) is 10.2. The van der Waals surface area contributed by atoms with Crippen molar-refractivity contribution in [1.29, 1.82) is 0 Å². The van der Waals surface area contributed by atoms with Crippen LogP contribution in [0.25, 0.3) is 6.08 Å². The van der Waals surface area contributed by atoms with E-state index >= 15 is 0 Å². The number of carboxylic acid groups (broad SMARTS) is 1. The first-order valence-electron chi connectivity index (χ1n) is 5.82. The molecule has 3 heteroatoms. The number of aliphatic carboxylic acids is 1. The van der Waals surface area contributed by atoms with Gasteiger partial charge in [-0.25, -0.2) is 4.79 Å². The van der Waals surface area contributed by atoms with Gasteiger partial charge in [0.15, 0.2) is 0 Å². The van der Waals surface area contributed by atoms with Gasteiger partial charge in [-0.05, 0) is 49.1 Å². The van der Waals surface area contributed by atoms with E-state index in [0.717, 1.165) is 11.1 Å². The summed E-state index contributed by atoms with van der Waals surface area (Å²) in [6, 6.07) is 6.82. The van der Waals surface area contributed by atoms with Crippen molar-refractivity contribution in [1.82, 2.24) is 0 Å². The normalized spacial score (nSPS) is 15.2. The third-order valence-corrected chi connectivity index (χ3v) is 3.16. The van der Waals surface area contributed by atoms with Crippen molar-refractivity contribution in [2.24, 2.45) is 0 Å². The maximum absolute atomic E-state index is 10.5. The minimum absolute atomic E-state index is 0.690. The van der Waals surface area contributed by atoms with Gasteiger partial charge in [0, 0.05) is 24.9 Å². The summed E-state index contributed by atoms with van der Waals surface area (Å²) < 4.78 is 0. The Morgan fingerprint density at radius 2 is 2.18 bits per heavy atom. The number of anilines is 1. The van der Waals surface area contributed by atoms with Crippen molar-refractivity contribution in [3.63, 3.8) is 0 Å². The smallest absolute Gasteiger partial charge is 0.328 e. The lowest BCUT2D eigenvalue weighted by Gasteiger charge is -2.19. The molecule has 1 aromatic carbocycles. The van der Waals surface area contributed by atoms with Crippen LogP contribution in [0.5, 0.6) is 0 Å². The van der Waals surface area contributed by atoms with Gasteiger partial charge in [0.2, 0.25) is 0 Å². The molecule has 1 fully saturated rings. The van der Waals surface area contributed by atoms with E-state index in [1.54, 1.807) is 6.08 Å². The van der Waals surface area contributed by atoms with Gasteiger partial charge in [0.25, 0.3) is 0 Å². The predicted octanol–water partition coefficient (Wildman–Crippen LogP) is 2.69. The highest BCUT2D eigenvalue weighted by Crippen LogP contribution is 2.31. The van der Waals surface area contributed by atoms with E-state index in [4.69, 9.17) is 5.11 Å².